The maximum Gasteiger partial charge on any atom is 0.401 e. The maximum atomic E-state index is 13.5. The fourth-order valence-corrected chi connectivity index (χ4v) is 5.81. The number of H-pyrrole nitrogens is 1. The van der Waals surface area contributed by atoms with Gasteiger partial charge in [0.2, 0.25) is 0 Å². The van der Waals surface area contributed by atoms with E-state index in [0.717, 1.165) is 29.7 Å². The second kappa shape index (κ2) is 10.0. The standard InChI is InChI=1S/C26H30F3N7O3/c27-26(28,29)12-35(15-9-14(10-15)5-6-20-33-17-3-1-2-4-18(17)34-20)11-19-21(37)22(38)25(39-19)36-8-7-16-23(30)31-13-32-24(16)36/h1-4,7-8,13-15,19,21-22,25,37-38H,5-6,9-12H2,(H,33,34)(H2,30,31,32). The zero-order chi connectivity index (χ0) is 27.3. The van der Waals surface area contributed by atoms with Gasteiger partial charge in [0, 0.05) is 25.2 Å². The van der Waals surface area contributed by atoms with E-state index in [-0.39, 0.29) is 24.3 Å². The summed E-state index contributed by atoms with van der Waals surface area (Å²) in [6.07, 6.45) is -3.52. The van der Waals surface area contributed by atoms with E-state index in [1.165, 1.54) is 15.8 Å². The van der Waals surface area contributed by atoms with Crippen molar-refractivity contribution in [3.8, 4) is 0 Å². The van der Waals surface area contributed by atoms with Crippen LogP contribution in [0.25, 0.3) is 22.1 Å². The normalized spacial score (nSPS) is 27.5. The lowest BCUT2D eigenvalue weighted by molar-refractivity contribution is -0.163. The third-order valence-electron chi connectivity index (χ3n) is 7.90. The predicted molar refractivity (Wildman–Crippen MR) is 136 cm³/mol. The lowest BCUT2D eigenvalue weighted by atomic mass is 9.76. The molecule has 0 spiro atoms. The Morgan fingerprint density at radius 1 is 1.13 bits per heavy atom. The van der Waals surface area contributed by atoms with E-state index in [1.807, 2.05) is 24.3 Å². The molecule has 1 saturated heterocycles. The van der Waals surface area contributed by atoms with Crippen LogP contribution in [-0.4, -0.2) is 83.2 Å². The summed E-state index contributed by atoms with van der Waals surface area (Å²) in [5, 5.41) is 22.0. The van der Waals surface area contributed by atoms with Gasteiger partial charge in [-0.05, 0) is 43.4 Å². The molecule has 6 rings (SSSR count). The molecule has 4 aromatic rings. The lowest BCUT2D eigenvalue weighted by Gasteiger charge is -2.44. The molecule has 0 bridgehead atoms. The van der Waals surface area contributed by atoms with Crippen LogP contribution in [0.3, 0.4) is 0 Å². The molecule has 10 nitrogen and oxygen atoms in total. The van der Waals surface area contributed by atoms with Gasteiger partial charge in [0.05, 0.1) is 23.0 Å². The molecule has 1 aromatic carbocycles. The highest BCUT2D eigenvalue weighted by atomic mass is 19.4. The monoisotopic (exact) mass is 545 g/mol. The van der Waals surface area contributed by atoms with E-state index in [0.29, 0.717) is 23.9 Å². The van der Waals surface area contributed by atoms with Crippen LogP contribution in [0.4, 0.5) is 19.0 Å². The molecule has 4 atom stereocenters. The van der Waals surface area contributed by atoms with Crippen molar-refractivity contribution in [2.45, 2.75) is 62.4 Å². The Balaban J connectivity index is 1.10. The number of alkyl halides is 3. The lowest BCUT2D eigenvalue weighted by Crippen LogP contribution is -2.52. The number of nitrogen functional groups attached to an aromatic ring is 1. The molecule has 1 aliphatic carbocycles. The number of benzene rings is 1. The maximum absolute atomic E-state index is 13.5. The number of fused-ring (bicyclic) bond motifs is 2. The Hall–Kier alpha value is -3.26. The number of rotatable bonds is 8. The summed E-state index contributed by atoms with van der Waals surface area (Å²) in [6.45, 7) is -1.27. The van der Waals surface area contributed by atoms with Crippen molar-refractivity contribution in [1.82, 2.24) is 29.4 Å². The van der Waals surface area contributed by atoms with Crippen LogP contribution < -0.4 is 5.73 Å². The first kappa shape index (κ1) is 26.0. The molecule has 0 amide bonds. The molecule has 3 aromatic heterocycles. The van der Waals surface area contributed by atoms with Crippen LogP contribution in [0.5, 0.6) is 0 Å². The number of para-hydroxylation sites is 2. The Morgan fingerprint density at radius 2 is 1.92 bits per heavy atom. The minimum Gasteiger partial charge on any atom is -0.387 e. The Bertz CT molecular complexity index is 1420. The molecule has 4 heterocycles. The molecule has 1 aliphatic heterocycles. The summed E-state index contributed by atoms with van der Waals surface area (Å²) in [7, 11) is 0. The summed E-state index contributed by atoms with van der Waals surface area (Å²) < 4.78 is 48.0. The Kier molecular flexibility index (Phi) is 6.69. The van der Waals surface area contributed by atoms with Crippen LogP contribution in [0.15, 0.2) is 42.9 Å². The van der Waals surface area contributed by atoms with Gasteiger partial charge in [-0.2, -0.15) is 13.2 Å². The number of imidazole rings is 1. The first-order valence-corrected chi connectivity index (χ1v) is 13.0. The number of halogens is 3. The van der Waals surface area contributed by atoms with Crippen molar-refractivity contribution in [2.75, 3.05) is 18.8 Å². The molecule has 208 valence electrons. The van der Waals surface area contributed by atoms with Gasteiger partial charge in [-0.1, -0.05) is 12.1 Å². The fourth-order valence-electron chi connectivity index (χ4n) is 5.81. The average Bonchev–Trinajstić information content (AvgIpc) is 3.54. The van der Waals surface area contributed by atoms with E-state index in [1.54, 1.807) is 12.3 Å². The van der Waals surface area contributed by atoms with Crippen LogP contribution in [0, 0.1) is 5.92 Å². The molecule has 2 aliphatic rings. The second-order valence-corrected chi connectivity index (χ2v) is 10.5. The molecule has 0 radical (unpaired) electrons. The second-order valence-electron chi connectivity index (χ2n) is 10.5. The minimum absolute atomic E-state index is 0.161. The number of aliphatic hydroxyl groups is 2. The summed E-state index contributed by atoms with van der Waals surface area (Å²) in [5.74, 6) is 1.40. The molecular weight excluding hydrogens is 515 g/mol. The molecule has 1 saturated carbocycles. The number of aryl methyl sites for hydroxylation is 1. The van der Waals surface area contributed by atoms with Crippen molar-refractivity contribution in [2.24, 2.45) is 5.92 Å². The number of anilines is 1. The number of hydrogen-bond acceptors (Lipinski definition) is 8. The molecule has 13 heteroatoms. The summed E-state index contributed by atoms with van der Waals surface area (Å²) >= 11 is 0. The number of hydrogen-bond donors (Lipinski definition) is 4. The summed E-state index contributed by atoms with van der Waals surface area (Å²) in [4.78, 5) is 17.3. The number of nitrogens with zero attached hydrogens (tertiary/aromatic N) is 5. The molecule has 2 fully saturated rings. The first-order chi connectivity index (χ1) is 18.7. The topological polar surface area (TPSA) is 138 Å². The van der Waals surface area contributed by atoms with E-state index < -0.39 is 37.3 Å². The van der Waals surface area contributed by atoms with Crippen LogP contribution in [-0.2, 0) is 11.2 Å². The largest absolute Gasteiger partial charge is 0.401 e. The molecule has 5 N–H and O–H groups in total. The van der Waals surface area contributed by atoms with Gasteiger partial charge in [-0.15, -0.1) is 0 Å². The Labute approximate surface area is 221 Å². The van der Waals surface area contributed by atoms with Gasteiger partial charge in [-0.25, -0.2) is 15.0 Å². The highest BCUT2D eigenvalue weighted by Gasteiger charge is 2.47. The smallest absolute Gasteiger partial charge is 0.387 e. The SMILES string of the molecule is Nc1ncnc2c1ccn2C1OC(CN(CC(F)(F)F)C2CC(CCc3nc4ccccc4[nH]3)C2)C(O)C1O. The number of ether oxygens (including phenoxy) is 1. The molecular formula is C26H30F3N7O3. The third kappa shape index (κ3) is 5.19. The van der Waals surface area contributed by atoms with E-state index in [4.69, 9.17) is 10.5 Å². The van der Waals surface area contributed by atoms with Crippen molar-refractivity contribution in [3.05, 3.63) is 48.7 Å². The predicted octanol–water partition coefficient (Wildman–Crippen LogP) is 2.78. The van der Waals surface area contributed by atoms with Crippen LogP contribution >= 0.6 is 0 Å². The van der Waals surface area contributed by atoms with E-state index >= 15 is 0 Å². The average molecular weight is 546 g/mol. The minimum atomic E-state index is -4.41. The molecule has 39 heavy (non-hydrogen) atoms. The van der Waals surface area contributed by atoms with Crippen molar-refractivity contribution < 1.29 is 28.1 Å². The zero-order valence-corrected chi connectivity index (χ0v) is 21.0. The van der Waals surface area contributed by atoms with Crippen molar-refractivity contribution in [1.29, 1.82) is 0 Å². The van der Waals surface area contributed by atoms with Crippen molar-refractivity contribution >= 4 is 27.9 Å². The van der Waals surface area contributed by atoms with Gasteiger partial charge in [0.25, 0.3) is 0 Å². The zero-order valence-electron chi connectivity index (χ0n) is 21.0. The summed E-state index contributed by atoms with van der Waals surface area (Å²) in [6, 6.07) is 9.13. The summed E-state index contributed by atoms with van der Waals surface area (Å²) in [5.41, 5.74) is 8.15. The highest BCUT2D eigenvalue weighted by molar-refractivity contribution is 5.86. The van der Waals surface area contributed by atoms with E-state index in [9.17, 15) is 23.4 Å². The van der Waals surface area contributed by atoms with Crippen LogP contribution in [0.1, 0.15) is 31.3 Å². The van der Waals surface area contributed by atoms with Crippen molar-refractivity contribution in [3.63, 3.8) is 0 Å². The van der Waals surface area contributed by atoms with E-state index in [2.05, 4.69) is 19.9 Å². The number of aromatic amines is 1. The third-order valence-corrected chi connectivity index (χ3v) is 7.90. The van der Waals surface area contributed by atoms with Gasteiger partial charge >= 0.3 is 6.18 Å². The number of nitrogens with one attached hydrogen (secondary N) is 1. The van der Waals surface area contributed by atoms with Gasteiger partial charge in [-0.3, -0.25) is 4.90 Å². The van der Waals surface area contributed by atoms with Gasteiger partial charge < -0.3 is 30.2 Å². The van der Waals surface area contributed by atoms with Crippen LogP contribution in [0.2, 0.25) is 0 Å². The number of nitrogens with two attached hydrogens (primary N) is 1. The Morgan fingerprint density at radius 3 is 2.69 bits per heavy atom. The number of aliphatic hydroxyl groups excluding tert-OH is 2. The quantitative estimate of drug-likeness (QED) is 0.265. The van der Waals surface area contributed by atoms with Gasteiger partial charge in [0.1, 0.15) is 41.9 Å². The highest BCUT2D eigenvalue weighted by Crippen LogP contribution is 2.39. The van der Waals surface area contributed by atoms with Gasteiger partial charge in [0.15, 0.2) is 6.23 Å². The molecule has 4 unspecified atom stereocenters. The first-order valence-electron chi connectivity index (χ1n) is 13.0. The number of aromatic nitrogens is 5. The fraction of sp³-hybridized carbons (Fsp3) is 0.500.